The highest BCUT2D eigenvalue weighted by molar-refractivity contribution is 5.88. The topological polar surface area (TPSA) is 73.7 Å². The Labute approximate surface area is 139 Å². The molecule has 0 saturated heterocycles. The van der Waals surface area contributed by atoms with Gasteiger partial charge in [0.1, 0.15) is 0 Å². The Bertz CT molecular complexity index is 902. The molecule has 0 aliphatic heterocycles. The first kappa shape index (κ1) is 15.8. The van der Waals surface area contributed by atoms with Crippen molar-refractivity contribution in [2.24, 2.45) is 0 Å². The molecule has 5 nitrogen and oxygen atoms in total. The molecule has 0 unspecified atom stereocenters. The number of rotatable bonds is 4. The molecule has 2 N–H and O–H groups in total. The summed E-state index contributed by atoms with van der Waals surface area (Å²) in [5, 5.41) is 20.5. The molecular weight excluding hydrogens is 304 g/mol. The number of hydrogen-bond donors (Lipinski definition) is 2. The summed E-state index contributed by atoms with van der Waals surface area (Å²) in [5.41, 5.74) is 2.77. The summed E-state index contributed by atoms with van der Waals surface area (Å²) in [6.07, 6.45) is 0.496. The van der Waals surface area contributed by atoms with Gasteiger partial charge in [-0.05, 0) is 23.8 Å². The van der Waals surface area contributed by atoms with Crippen LogP contribution in [0.25, 0.3) is 10.9 Å². The second-order valence-electron chi connectivity index (χ2n) is 5.85. The summed E-state index contributed by atoms with van der Waals surface area (Å²) in [6, 6.07) is 14.4. The smallest absolute Gasteiger partial charge is 0.335 e. The first-order chi connectivity index (χ1) is 11.5. The maximum Gasteiger partial charge on any atom is 0.335 e. The Morgan fingerprint density at radius 1 is 1.08 bits per heavy atom. The Hall–Kier alpha value is -3.08. The Morgan fingerprint density at radius 3 is 2.38 bits per heavy atom. The van der Waals surface area contributed by atoms with Gasteiger partial charge in [-0.1, -0.05) is 30.3 Å². The molecule has 122 valence electrons. The predicted octanol–water partition coefficient (Wildman–Crippen LogP) is 3.30. The molecule has 24 heavy (non-hydrogen) atoms. The van der Waals surface area contributed by atoms with Crippen LogP contribution < -0.4 is 4.90 Å². The normalized spacial score (nSPS) is 10.8. The van der Waals surface area contributed by atoms with Gasteiger partial charge in [0.15, 0.2) is 11.6 Å². The molecule has 0 aliphatic carbocycles. The van der Waals surface area contributed by atoms with Crippen molar-refractivity contribution in [3.8, 4) is 5.75 Å². The average molecular weight is 322 g/mol. The molecule has 0 atom stereocenters. The first-order valence-corrected chi connectivity index (χ1v) is 7.57. The lowest BCUT2D eigenvalue weighted by Crippen LogP contribution is -2.12. The molecule has 0 saturated carbocycles. The highest BCUT2D eigenvalue weighted by Gasteiger charge is 2.16. The van der Waals surface area contributed by atoms with Crippen LogP contribution in [0.4, 0.5) is 5.82 Å². The minimum Gasteiger partial charge on any atom is -0.504 e. The van der Waals surface area contributed by atoms with Crippen LogP contribution in [0.15, 0.2) is 48.5 Å². The van der Waals surface area contributed by atoms with E-state index in [0.29, 0.717) is 12.2 Å². The maximum absolute atomic E-state index is 11.0. The zero-order chi connectivity index (χ0) is 17.3. The number of benzene rings is 2. The molecule has 3 rings (SSSR count). The van der Waals surface area contributed by atoms with Gasteiger partial charge in [-0.3, -0.25) is 0 Å². The summed E-state index contributed by atoms with van der Waals surface area (Å²) in [7, 11) is 3.67. The number of carboxylic acids is 1. The standard InChI is InChI=1S/C19H18N2O3/c1-21(2)18-17(22)15(14-5-3-4-6-16(14)20-18)11-12-7-9-13(10-8-12)19(23)24/h3-10,22H,11H2,1-2H3,(H,23,24). The average Bonchev–Trinajstić information content (AvgIpc) is 2.57. The number of aromatic hydroxyl groups is 1. The zero-order valence-electron chi connectivity index (χ0n) is 13.5. The van der Waals surface area contributed by atoms with Gasteiger partial charge in [-0.25, -0.2) is 9.78 Å². The highest BCUT2D eigenvalue weighted by atomic mass is 16.4. The molecule has 0 fully saturated rings. The number of carbonyl (C=O) groups is 1. The minimum atomic E-state index is -0.950. The van der Waals surface area contributed by atoms with Crippen molar-refractivity contribution in [2.75, 3.05) is 19.0 Å². The minimum absolute atomic E-state index is 0.154. The van der Waals surface area contributed by atoms with Crippen molar-refractivity contribution >= 4 is 22.7 Å². The van der Waals surface area contributed by atoms with E-state index in [0.717, 1.165) is 22.0 Å². The van der Waals surface area contributed by atoms with Crippen LogP contribution in [0.5, 0.6) is 5.75 Å². The van der Waals surface area contributed by atoms with Crippen molar-refractivity contribution < 1.29 is 15.0 Å². The number of nitrogens with zero attached hydrogens (tertiary/aromatic N) is 2. The summed E-state index contributed by atoms with van der Waals surface area (Å²) < 4.78 is 0. The third kappa shape index (κ3) is 2.88. The van der Waals surface area contributed by atoms with Crippen molar-refractivity contribution in [2.45, 2.75) is 6.42 Å². The lowest BCUT2D eigenvalue weighted by atomic mass is 9.99. The number of anilines is 1. The van der Waals surface area contributed by atoms with Gasteiger partial charge >= 0.3 is 5.97 Å². The molecule has 0 amide bonds. The molecule has 0 aliphatic rings. The summed E-state index contributed by atoms with van der Waals surface area (Å²) in [6.45, 7) is 0. The van der Waals surface area contributed by atoms with E-state index in [1.54, 1.807) is 29.2 Å². The second kappa shape index (κ2) is 6.20. The van der Waals surface area contributed by atoms with Crippen LogP contribution in [-0.2, 0) is 6.42 Å². The fourth-order valence-corrected chi connectivity index (χ4v) is 2.72. The van der Waals surface area contributed by atoms with Gasteiger partial charge in [0.05, 0.1) is 11.1 Å². The lowest BCUT2D eigenvalue weighted by Gasteiger charge is -2.18. The third-order valence-corrected chi connectivity index (χ3v) is 3.96. The quantitative estimate of drug-likeness (QED) is 0.771. The first-order valence-electron chi connectivity index (χ1n) is 7.57. The van der Waals surface area contributed by atoms with Crippen LogP contribution in [0.3, 0.4) is 0 Å². The number of aromatic carboxylic acids is 1. The van der Waals surface area contributed by atoms with Crippen LogP contribution in [-0.4, -0.2) is 35.3 Å². The molecule has 1 heterocycles. The number of pyridine rings is 1. The fraction of sp³-hybridized carbons (Fsp3) is 0.158. The largest absolute Gasteiger partial charge is 0.504 e. The molecule has 1 aromatic heterocycles. The van der Waals surface area contributed by atoms with Crippen LogP contribution in [0, 0.1) is 0 Å². The number of fused-ring (bicyclic) bond motifs is 1. The number of hydrogen-bond acceptors (Lipinski definition) is 4. The third-order valence-electron chi connectivity index (χ3n) is 3.96. The molecule has 0 radical (unpaired) electrons. The predicted molar refractivity (Wildman–Crippen MR) is 93.9 cm³/mol. The van der Waals surface area contributed by atoms with E-state index in [2.05, 4.69) is 4.98 Å². The van der Waals surface area contributed by atoms with E-state index < -0.39 is 5.97 Å². The van der Waals surface area contributed by atoms with Gasteiger partial charge < -0.3 is 15.1 Å². The molecule has 5 heteroatoms. The van der Waals surface area contributed by atoms with Gasteiger partial charge in [-0.2, -0.15) is 0 Å². The Kier molecular flexibility index (Phi) is 4.08. The van der Waals surface area contributed by atoms with E-state index in [9.17, 15) is 9.90 Å². The number of aromatic nitrogens is 1. The summed E-state index contributed by atoms with van der Waals surface area (Å²) >= 11 is 0. The van der Waals surface area contributed by atoms with Gasteiger partial charge in [-0.15, -0.1) is 0 Å². The number of para-hydroxylation sites is 1. The lowest BCUT2D eigenvalue weighted by molar-refractivity contribution is 0.0697. The zero-order valence-corrected chi connectivity index (χ0v) is 13.5. The van der Waals surface area contributed by atoms with Crippen molar-refractivity contribution in [3.05, 3.63) is 65.2 Å². The maximum atomic E-state index is 11.0. The van der Waals surface area contributed by atoms with Gasteiger partial charge in [0, 0.05) is 31.5 Å². The molecular formula is C19H18N2O3. The monoisotopic (exact) mass is 322 g/mol. The van der Waals surface area contributed by atoms with E-state index in [1.165, 1.54) is 0 Å². The number of carboxylic acid groups (broad SMARTS) is 1. The van der Waals surface area contributed by atoms with E-state index in [1.807, 2.05) is 38.4 Å². The van der Waals surface area contributed by atoms with Crippen LogP contribution >= 0.6 is 0 Å². The van der Waals surface area contributed by atoms with Crippen molar-refractivity contribution in [3.63, 3.8) is 0 Å². The summed E-state index contributed by atoms with van der Waals surface area (Å²) in [5.74, 6) is -0.277. The van der Waals surface area contributed by atoms with Crippen LogP contribution in [0.1, 0.15) is 21.5 Å². The second-order valence-corrected chi connectivity index (χ2v) is 5.85. The van der Waals surface area contributed by atoms with Crippen molar-refractivity contribution in [1.29, 1.82) is 0 Å². The van der Waals surface area contributed by atoms with Gasteiger partial charge in [0.25, 0.3) is 0 Å². The molecule has 0 bridgehead atoms. The molecule has 2 aromatic carbocycles. The summed E-state index contributed by atoms with van der Waals surface area (Å²) in [4.78, 5) is 17.3. The van der Waals surface area contributed by atoms with Crippen molar-refractivity contribution in [1.82, 2.24) is 4.98 Å². The van der Waals surface area contributed by atoms with E-state index in [-0.39, 0.29) is 11.3 Å². The fourth-order valence-electron chi connectivity index (χ4n) is 2.72. The molecule has 3 aromatic rings. The van der Waals surface area contributed by atoms with Gasteiger partial charge in [0.2, 0.25) is 0 Å². The highest BCUT2D eigenvalue weighted by Crippen LogP contribution is 2.35. The van der Waals surface area contributed by atoms with E-state index >= 15 is 0 Å². The van der Waals surface area contributed by atoms with E-state index in [4.69, 9.17) is 5.11 Å². The Balaban J connectivity index is 2.10. The Morgan fingerprint density at radius 2 is 1.75 bits per heavy atom. The SMILES string of the molecule is CN(C)c1nc2ccccc2c(Cc2ccc(C(=O)O)cc2)c1O. The van der Waals surface area contributed by atoms with Crippen LogP contribution in [0.2, 0.25) is 0 Å². The molecule has 0 spiro atoms.